The van der Waals surface area contributed by atoms with E-state index in [2.05, 4.69) is 10.3 Å². The van der Waals surface area contributed by atoms with Crippen LogP contribution in [0.5, 0.6) is 0 Å². The highest BCUT2D eigenvalue weighted by Gasteiger charge is 2.40. The van der Waals surface area contributed by atoms with Gasteiger partial charge >= 0.3 is 0 Å². The Kier molecular flexibility index (Phi) is 6.88. The maximum absolute atomic E-state index is 13.4. The van der Waals surface area contributed by atoms with E-state index in [0.717, 1.165) is 12.5 Å². The fraction of sp³-hybridized carbons (Fsp3) is 0.550. The van der Waals surface area contributed by atoms with E-state index in [1.54, 1.807) is 23.7 Å². The number of hydrogen-bond acceptors (Lipinski definition) is 4. The van der Waals surface area contributed by atoms with Crippen molar-refractivity contribution in [3.63, 3.8) is 0 Å². The van der Waals surface area contributed by atoms with E-state index in [1.807, 2.05) is 0 Å². The summed E-state index contributed by atoms with van der Waals surface area (Å²) < 4.78 is 68.2. The molecule has 1 aliphatic heterocycles. The van der Waals surface area contributed by atoms with Crippen LogP contribution in [0.3, 0.4) is 0 Å². The summed E-state index contributed by atoms with van der Waals surface area (Å²) >= 11 is 0. The molecule has 166 valence electrons. The average molecular weight is 445 g/mol. The first kappa shape index (κ1) is 22.8. The second kappa shape index (κ2) is 9.07. The maximum Gasteiger partial charge on any atom is 0.262 e. The summed E-state index contributed by atoms with van der Waals surface area (Å²) in [5.74, 6) is -3.23. The van der Waals surface area contributed by atoms with E-state index >= 15 is 0 Å². The summed E-state index contributed by atoms with van der Waals surface area (Å²) in [6, 6.07) is 5.81. The molecule has 2 aromatic rings. The van der Waals surface area contributed by atoms with Crippen LogP contribution in [0.15, 0.2) is 41.8 Å². The molecule has 0 spiro atoms. The number of nitrogens with zero attached hydrogens (tertiary/aromatic N) is 3. The summed E-state index contributed by atoms with van der Waals surface area (Å²) in [5, 5.41) is 3.30. The molecule has 3 rings (SSSR count). The van der Waals surface area contributed by atoms with E-state index < -0.39 is 15.9 Å². The van der Waals surface area contributed by atoms with Gasteiger partial charge in [0.1, 0.15) is 5.82 Å². The Morgan fingerprint density at radius 2 is 1.90 bits per heavy atom. The zero-order valence-electron chi connectivity index (χ0n) is 17.1. The molecule has 1 saturated heterocycles. The molecule has 10 heteroatoms. The third-order valence-electron chi connectivity index (χ3n) is 5.32. The number of sulfonamides is 1. The molecule has 0 bridgehead atoms. The molecule has 1 fully saturated rings. The first-order valence-corrected chi connectivity index (χ1v) is 11.3. The minimum Gasteiger partial charge on any atom is -0.339 e. The minimum atomic E-state index is -3.77. The lowest BCUT2D eigenvalue weighted by Crippen LogP contribution is -2.37. The van der Waals surface area contributed by atoms with Crippen LogP contribution in [0, 0.1) is 5.82 Å². The van der Waals surface area contributed by atoms with Gasteiger partial charge in [-0.1, -0.05) is 12.1 Å². The number of nitrogens with one attached hydrogen (secondary N) is 1. The lowest BCUT2D eigenvalue weighted by molar-refractivity contribution is 0.0105. The lowest BCUT2D eigenvalue weighted by atomic mass is 9.94. The van der Waals surface area contributed by atoms with Crippen LogP contribution >= 0.6 is 0 Å². The number of imidazole rings is 1. The van der Waals surface area contributed by atoms with E-state index in [4.69, 9.17) is 0 Å². The van der Waals surface area contributed by atoms with Crippen LogP contribution in [-0.2, 0) is 17.1 Å². The fourth-order valence-electron chi connectivity index (χ4n) is 3.72. The summed E-state index contributed by atoms with van der Waals surface area (Å²) in [5.41, 5.74) is 0.827. The van der Waals surface area contributed by atoms with E-state index in [9.17, 15) is 21.6 Å². The highest BCUT2D eigenvalue weighted by atomic mass is 32.2. The monoisotopic (exact) mass is 444 g/mol. The third kappa shape index (κ3) is 5.61. The number of hydrogen-bond donors (Lipinski definition) is 1. The maximum atomic E-state index is 13.4. The second-order valence-electron chi connectivity index (χ2n) is 7.95. The van der Waals surface area contributed by atoms with Gasteiger partial charge in [-0.25, -0.2) is 26.6 Å². The largest absolute Gasteiger partial charge is 0.339 e. The molecule has 0 aliphatic carbocycles. The highest BCUT2D eigenvalue weighted by Crippen LogP contribution is 2.31. The van der Waals surface area contributed by atoms with Crippen molar-refractivity contribution < 1.29 is 21.6 Å². The first-order chi connectivity index (χ1) is 14.1. The number of alkyl halides is 2. The molecule has 1 aliphatic rings. The van der Waals surface area contributed by atoms with Crippen LogP contribution in [0.25, 0.3) is 0 Å². The van der Waals surface area contributed by atoms with E-state index in [0.29, 0.717) is 19.4 Å². The van der Waals surface area contributed by atoms with Crippen molar-refractivity contribution in [3.8, 4) is 0 Å². The molecule has 2 atom stereocenters. The van der Waals surface area contributed by atoms with Gasteiger partial charge in [0, 0.05) is 44.7 Å². The molecule has 2 heterocycles. The molecular formula is C20H27F3N4O2S. The van der Waals surface area contributed by atoms with Crippen molar-refractivity contribution >= 4 is 10.0 Å². The van der Waals surface area contributed by atoms with E-state index in [1.165, 1.54) is 29.0 Å². The number of rotatable bonds is 9. The zero-order chi connectivity index (χ0) is 21.9. The molecule has 6 nitrogen and oxygen atoms in total. The van der Waals surface area contributed by atoms with Crippen LogP contribution in [0.2, 0.25) is 0 Å². The summed E-state index contributed by atoms with van der Waals surface area (Å²) in [4.78, 5) is 3.97. The van der Waals surface area contributed by atoms with Crippen molar-refractivity contribution in [2.75, 3.05) is 19.6 Å². The Morgan fingerprint density at radius 1 is 1.20 bits per heavy atom. The molecule has 1 aromatic carbocycles. The Bertz CT molecular complexity index is 942. The Hall–Kier alpha value is -1.91. The number of aryl methyl sites for hydroxylation is 1. The van der Waals surface area contributed by atoms with Gasteiger partial charge in [-0.15, -0.1) is 0 Å². The van der Waals surface area contributed by atoms with Crippen LogP contribution in [0.4, 0.5) is 13.2 Å². The predicted molar refractivity (Wildman–Crippen MR) is 107 cm³/mol. The summed E-state index contributed by atoms with van der Waals surface area (Å²) in [7, 11) is -2.07. The minimum absolute atomic E-state index is 0.0197. The quantitative estimate of drug-likeness (QED) is 0.604. The van der Waals surface area contributed by atoms with Gasteiger partial charge in [0.25, 0.3) is 10.0 Å². The van der Waals surface area contributed by atoms with Crippen LogP contribution < -0.4 is 5.32 Å². The van der Waals surface area contributed by atoms with Gasteiger partial charge in [-0.2, -0.15) is 4.31 Å². The molecule has 30 heavy (non-hydrogen) atoms. The van der Waals surface area contributed by atoms with Gasteiger partial charge in [-0.05, 0) is 44.0 Å². The molecule has 0 unspecified atom stereocenters. The normalized spacial score (nSPS) is 20.7. The van der Waals surface area contributed by atoms with Crippen molar-refractivity contribution in [2.45, 2.75) is 49.1 Å². The number of unbranched alkanes of at least 4 members (excludes halogenated alkanes) is 1. The third-order valence-corrected chi connectivity index (χ3v) is 7.04. The first-order valence-electron chi connectivity index (χ1n) is 9.91. The summed E-state index contributed by atoms with van der Waals surface area (Å²) in [6.07, 6.45) is 3.64. The highest BCUT2D eigenvalue weighted by molar-refractivity contribution is 7.89. The Balaban J connectivity index is 1.72. The van der Waals surface area contributed by atoms with Gasteiger partial charge < -0.3 is 9.88 Å². The van der Waals surface area contributed by atoms with Crippen molar-refractivity contribution in [2.24, 2.45) is 7.05 Å². The van der Waals surface area contributed by atoms with Crippen LogP contribution in [0.1, 0.15) is 37.7 Å². The van der Waals surface area contributed by atoms with Gasteiger partial charge in [-0.3, -0.25) is 0 Å². The molecular weight excluding hydrogens is 417 g/mol. The van der Waals surface area contributed by atoms with Gasteiger partial charge in [0.05, 0.1) is 6.33 Å². The van der Waals surface area contributed by atoms with E-state index in [-0.39, 0.29) is 42.3 Å². The van der Waals surface area contributed by atoms with Crippen molar-refractivity contribution in [1.29, 1.82) is 0 Å². The number of aromatic nitrogens is 2. The number of halogens is 3. The fourth-order valence-corrected chi connectivity index (χ4v) is 5.18. The SMILES string of the molecule is Cn1cnc(S(=O)(=O)N2C[C@H](NCCCCC(C)(F)F)[C@@H](c3ccc(F)cc3)C2)c1. The smallest absolute Gasteiger partial charge is 0.262 e. The topological polar surface area (TPSA) is 67.2 Å². The Morgan fingerprint density at radius 3 is 2.50 bits per heavy atom. The van der Waals surface area contributed by atoms with Gasteiger partial charge in [0.2, 0.25) is 5.92 Å². The molecule has 0 saturated carbocycles. The zero-order valence-corrected chi connectivity index (χ0v) is 17.9. The lowest BCUT2D eigenvalue weighted by Gasteiger charge is -2.20. The molecule has 1 aromatic heterocycles. The standard InChI is InChI=1S/C20H27F3N4O2S/c1-20(22,23)9-3-4-10-24-18-12-27(30(28,29)19-13-26(2)14-25-19)11-17(18)15-5-7-16(21)8-6-15/h5-8,13-14,17-18,24H,3-4,9-12H2,1-2H3/t17-,18+/m1/s1. The average Bonchev–Trinajstić information content (AvgIpc) is 3.28. The Labute approximate surface area is 175 Å². The van der Waals surface area contributed by atoms with Crippen molar-refractivity contribution in [3.05, 3.63) is 48.2 Å². The predicted octanol–water partition coefficient (Wildman–Crippen LogP) is 3.13. The van der Waals surface area contributed by atoms with Gasteiger partial charge in [0.15, 0.2) is 5.03 Å². The second-order valence-corrected chi connectivity index (χ2v) is 9.83. The summed E-state index contributed by atoms with van der Waals surface area (Å²) in [6.45, 7) is 1.86. The molecule has 0 radical (unpaired) electrons. The molecule has 1 N–H and O–H groups in total. The molecule has 0 amide bonds. The van der Waals surface area contributed by atoms with Crippen LogP contribution in [-0.4, -0.2) is 53.9 Å². The number of benzene rings is 1. The van der Waals surface area contributed by atoms with Crippen molar-refractivity contribution in [1.82, 2.24) is 19.2 Å².